The molecule has 2 nitrogen and oxygen atoms in total. The van der Waals surface area contributed by atoms with Crippen LogP contribution in [0.5, 0.6) is 5.75 Å². The lowest BCUT2D eigenvalue weighted by molar-refractivity contribution is -0.00965. The fraction of sp³-hybridized carbons (Fsp3) is 0.143. The first-order chi connectivity index (χ1) is 7.86. The number of aliphatic hydroxyl groups is 1. The van der Waals surface area contributed by atoms with Crippen molar-refractivity contribution in [1.82, 2.24) is 0 Å². The van der Waals surface area contributed by atoms with Crippen molar-refractivity contribution >= 4 is 0 Å². The quantitative estimate of drug-likeness (QED) is 0.787. The first-order valence-electron chi connectivity index (χ1n) is 5.35. The maximum atomic E-state index is 9.94. The Balaban J connectivity index is 2.09. The molecule has 0 amide bonds. The molecule has 2 atom stereocenters. The summed E-state index contributed by atoms with van der Waals surface area (Å²) in [6, 6.07) is 17.7. The van der Waals surface area contributed by atoms with Gasteiger partial charge in [0.15, 0.2) is 0 Å². The van der Waals surface area contributed by atoms with Gasteiger partial charge in [0.1, 0.15) is 5.75 Å². The van der Waals surface area contributed by atoms with E-state index in [4.69, 9.17) is 4.74 Å². The van der Waals surface area contributed by atoms with Gasteiger partial charge in [-0.3, -0.25) is 0 Å². The van der Waals surface area contributed by atoms with Gasteiger partial charge in [-0.25, -0.2) is 0 Å². The van der Waals surface area contributed by atoms with Crippen LogP contribution in [0, 0.1) is 0 Å². The van der Waals surface area contributed by atoms with Crippen LogP contribution in [-0.2, 0) is 0 Å². The molecule has 2 heteroatoms. The van der Waals surface area contributed by atoms with Crippen LogP contribution in [0.3, 0.4) is 0 Å². The smallest absolute Gasteiger partial charge is 0.208 e. The molecule has 16 heavy (non-hydrogen) atoms. The highest BCUT2D eigenvalue weighted by atomic mass is 16.6. The highest BCUT2D eigenvalue weighted by Gasteiger charge is 2.33. The van der Waals surface area contributed by atoms with Gasteiger partial charge < -0.3 is 9.84 Å². The van der Waals surface area contributed by atoms with Gasteiger partial charge in [-0.15, -0.1) is 0 Å². The molecule has 0 spiro atoms. The second kappa shape index (κ2) is 3.65. The average molecular weight is 212 g/mol. The van der Waals surface area contributed by atoms with Crippen LogP contribution < -0.4 is 4.74 Å². The molecule has 1 aliphatic heterocycles. The number of fused-ring (bicyclic) bond motifs is 1. The van der Waals surface area contributed by atoms with Crippen LogP contribution >= 0.6 is 0 Å². The lowest BCUT2D eigenvalue weighted by atomic mass is 9.92. The van der Waals surface area contributed by atoms with E-state index in [1.165, 1.54) is 0 Å². The molecule has 1 N–H and O–H groups in total. The van der Waals surface area contributed by atoms with Gasteiger partial charge in [-0.2, -0.15) is 0 Å². The van der Waals surface area contributed by atoms with E-state index in [0.717, 1.165) is 16.9 Å². The third-order valence-electron chi connectivity index (χ3n) is 2.95. The van der Waals surface area contributed by atoms with Crippen molar-refractivity contribution in [1.29, 1.82) is 0 Å². The summed E-state index contributed by atoms with van der Waals surface area (Å²) in [5, 5.41) is 9.94. The molecule has 0 bridgehead atoms. The van der Waals surface area contributed by atoms with Crippen LogP contribution in [0.4, 0.5) is 0 Å². The van der Waals surface area contributed by atoms with E-state index in [1.54, 1.807) is 0 Å². The minimum Gasteiger partial charge on any atom is -0.464 e. The van der Waals surface area contributed by atoms with Crippen LogP contribution in [0.25, 0.3) is 0 Å². The summed E-state index contributed by atoms with van der Waals surface area (Å²) in [6.07, 6.45) is -0.778. The van der Waals surface area contributed by atoms with Gasteiger partial charge in [-0.05, 0) is 11.6 Å². The average Bonchev–Trinajstić information content (AvgIpc) is 2.66. The molecule has 2 aromatic carbocycles. The zero-order valence-electron chi connectivity index (χ0n) is 8.71. The number of rotatable bonds is 1. The Kier molecular flexibility index (Phi) is 2.15. The normalized spacial score (nSPS) is 22.6. The Morgan fingerprint density at radius 1 is 0.875 bits per heavy atom. The second-order valence-electron chi connectivity index (χ2n) is 3.93. The van der Waals surface area contributed by atoms with Crippen molar-refractivity contribution in [3.63, 3.8) is 0 Å². The van der Waals surface area contributed by atoms with Crippen LogP contribution in [-0.4, -0.2) is 11.4 Å². The summed E-state index contributed by atoms with van der Waals surface area (Å²) in [6.45, 7) is 0. The highest BCUT2D eigenvalue weighted by molar-refractivity contribution is 5.46. The summed E-state index contributed by atoms with van der Waals surface area (Å²) >= 11 is 0. The summed E-state index contributed by atoms with van der Waals surface area (Å²) in [5.41, 5.74) is 2.14. The molecule has 80 valence electrons. The number of ether oxygens (including phenoxy) is 1. The zero-order chi connectivity index (χ0) is 11.0. The van der Waals surface area contributed by atoms with Crippen molar-refractivity contribution in [2.24, 2.45) is 0 Å². The zero-order valence-corrected chi connectivity index (χ0v) is 8.71. The third-order valence-corrected chi connectivity index (χ3v) is 2.95. The molecule has 0 aromatic heterocycles. The SMILES string of the molecule is OC1Oc2ccccc2C1c1ccccc1. The van der Waals surface area contributed by atoms with Crippen LogP contribution in [0.15, 0.2) is 54.6 Å². The number of hydrogen-bond donors (Lipinski definition) is 1. The number of benzene rings is 2. The van der Waals surface area contributed by atoms with Crippen LogP contribution in [0.1, 0.15) is 17.0 Å². The van der Waals surface area contributed by atoms with E-state index in [2.05, 4.69) is 0 Å². The van der Waals surface area contributed by atoms with E-state index in [-0.39, 0.29) is 5.92 Å². The molecule has 0 fully saturated rings. The molecule has 3 rings (SSSR count). The first-order valence-corrected chi connectivity index (χ1v) is 5.35. The van der Waals surface area contributed by atoms with Gasteiger partial charge in [-0.1, -0.05) is 48.5 Å². The molecule has 2 unspecified atom stereocenters. The molecule has 0 saturated carbocycles. The van der Waals surface area contributed by atoms with Crippen molar-refractivity contribution in [2.75, 3.05) is 0 Å². The second-order valence-corrected chi connectivity index (χ2v) is 3.93. The van der Waals surface area contributed by atoms with Crippen molar-refractivity contribution < 1.29 is 9.84 Å². The molecule has 0 aliphatic carbocycles. The number of para-hydroxylation sites is 1. The minimum atomic E-state index is -0.778. The molecule has 0 radical (unpaired) electrons. The molecule has 0 saturated heterocycles. The predicted molar refractivity (Wildman–Crippen MR) is 61.4 cm³/mol. The summed E-state index contributed by atoms with van der Waals surface area (Å²) in [5.74, 6) is 0.709. The van der Waals surface area contributed by atoms with Crippen LogP contribution in [0.2, 0.25) is 0 Å². The summed E-state index contributed by atoms with van der Waals surface area (Å²) in [4.78, 5) is 0. The molecule has 1 aliphatic rings. The Hall–Kier alpha value is -1.80. The van der Waals surface area contributed by atoms with Gasteiger partial charge >= 0.3 is 0 Å². The standard InChI is InChI=1S/C14H12O2/c15-14-13(10-6-2-1-3-7-10)11-8-4-5-9-12(11)16-14/h1-9,13-15H. The van der Waals surface area contributed by atoms with Gasteiger partial charge in [0.2, 0.25) is 6.29 Å². The van der Waals surface area contributed by atoms with E-state index in [9.17, 15) is 5.11 Å². The molecular weight excluding hydrogens is 200 g/mol. The Morgan fingerprint density at radius 3 is 2.38 bits per heavy atom. The first kappa shape index (κ1) is 9.43. The maximum Gasteiger partial charge on any atom is 0.208 e. The largest absolute Gasteiger partial charge is 0.464 e. The van der Waals surface area contributed by atoms with E-state index < -0.39 is 6.29 Å². The molecular formula is C14H12O2. The summed E-state index contributed by atoms with van der Waals surface area (Å²) in [7, 11) is 0. The van der Waals surface area contributed by atoms with Gasteiger partial charge in [0, 0.05) is 5.56 Å². The highest BCUT2D eigenvalue weighted by Crippen LogP contribution is 2.40. The Bertz CT molecular complexity index is 493. The van der Waals surface area contributed by atoms with Gasteiger partial charge in [0.05, 0.1) is 5.92 Å². The maximum absolute atomic E-state index is 9.94. The van der Waals surface area contributed by atoms with Crippen molar-refractivity contribution in [3.05, 3.63) is 65.7 Å². The van der Waals surface area contributed by atoms with E-state index in [0.29, 0.717) is 0 Å². The Morgan fingerprint density at radius 2 is 1.56 bits per heavy atom. The molecule has 2 aromatic rings. The van der Waals surface area contributed by atoms with Gasteiger partial charge in [0.25, 0.3) is 0 Å². The predicted octanol–water partition coefficient (Wildman–Crippen LogP) is 2.53. The van der Waals surface area contributed by atoms with E-state index in [1.807, 2.05) is 54.6 Å². The monoisotopic (exact) mass is 212 g/mol. The topological polar surface area (TPSA) is 29.5 Å². The van der Waals surface area contributed by atoms with Crippen molar-refractivity contribution in [2.45, 2.75) is 12.2 Å². The fourth-order valence-electron chi connectivity index (χ4n) is 2.20. The molecule has 1 heterocycles. The van der Waals surface area contributed by atoms with E-state index >= 15 is 0 Å². The fourth-order valence-corrected chi connectivity index (χ4v) is 2.20. The summed E-state index contributed by atoms with van der Waals surface area (Å²) < 4.78 is 5.43. The lowest BCUT2D eigenvalue weighted by Gasteiger charge is -2.13. The van der Waals surface area contributed by atoms with Crippen molar-refractivity contribution in [3.8, 4) is 5.75 Å². The minimum absolute atomic E-state index is 0.0719. The number of aliphatic hydroxyl groups excluding tert-OH is 1. The third kappa shape index (κ3) is 1.39. The lowest BCUT2D eigenvalue weighted by Crippen LogP contribution is -2.18. The Labute approximate surface area is 94.1 Å². The number of hydrogen-bond acceptors (Lipinski definition) is 2.